The van der Waals surface area contributed by atoms with Crippen LogP contribution in [0.15, 0.2) is 52.2 Å². The van der Waals surface area contributed by atoms with E-state index < -0.39 is 11.1 Å². The average Bonchev–Trinajstić information content (AvgIpc) is 2.70. The fourth-order valence-corrected chi connectivity index (χ4v) is 2.74. The van der Waals surface area contributed by atoms with E-state index in [1.165, 1.54) is 12.3 Å². The number of carbonyl (C=O) groups excluding carboxylic acids is 1. The minimum Gasteiger partial charge on any atom is -0.494 e. The molecule has 2 heterocycles. The molecular weight excluding hydrogens is 384 g/mol. The van der Waals surface area contributed by atoms with Gasteiger partial charge in [0, 0.05) is 17.8 Å². The zero-order valence-corrected chi connectivity index (χ0v) is 15.7. The highest BCUT2D eigenvalue weighted by molar-refractivity contribution is 6.30. The van der Waals surface area contributed by atoms with Crippen LogP contribution in [0, 0.1) is 0 Å². The number of nitrogens with zero attached hydrogens (tertiary/aromatic N) is 2. The molecule has 0 aliphatic heterocycles. The number of carbonyl (C=O) groups is 1. The second kappa shape index (κ2) is 9.18. The SMILES string of the molecule is O=C(Cn1[nH]c(=O)c2ncccc2c1=O)NCCCCOc1ccc(Cl)cc1. The molecule has 2 aromatic heterocycles. The number of ether oxygens (including phenoxy) is 1. The van der Waals surface area contributed by atoms with Gasteiger partial charge in [0.25, 0.3) is 11.1 Å². The first-order chi connectivity index (χ1) is 13.5. The van der Waals surface area contributed by atoms with Crippen LogP contribution in [0.5, 0.6) is 5.75 Å². The van der Waals surface area contributed by atoms with E-state index in [9.17, 15) is 14.4 Å². The maximum Gasteiger partial charge on any atom is 0.289 e. The van der Waals surface area contributed by atoms with Gasteiger partial charge in [-0.2, -0.15) is 0 Å². The van der Waals surface area contributed by atoms with Gasteiger partial charge in [-0.3, -0.25) is 24.5 Å². The summed E-state index contributed by atoms with van der Waals surface area (Å²) in [6.07, 6.45) is 2.90. The summed E-state index contributed by atoms with van der Waals surface area (Å²) in [7, 11) is 0. The Labute approximate surface area is 165 Å². The molecule has 0 atom stereocenters. The average molecular weight is 403 g/mol. The lowest BCUT2D eigenvalue weighted by Crippen LogP contribution is -2.37. The molecule has 0 spiro atoms. The molecule has 1 amide bonds. The van der Waals surface area contributed by atoms with Crippen LogP contribution in [0.2, 0.25) is 5.02 Å². The van der Waals surface area contributed by atoms with Crippen molar-refractivity contribution in [1.82, 2.24) is 20.1 Å². The van der Waals surface area contributed by atoms with Crippen LogP contribution in [-0.2, 0) is 11.3 Å². The molecule has 9 heteroatoms. The van der Waals surface area contributed by atoms with E-state index in [0.29, 0.717) is 24.6 Å². The van der Waals surface area contributed by atoms with Crippen molar-refractivity contribution in [3.8, 4) is 5.75 Å². The Morgan fingerprint density at radius 3 is 2.75 bits per heavy atom. The Hall–Kier alpha value is -3.13. The van der Waals surface area contributed by atoms with E-state index in [-0.39, 0.29) is 23.4 Å². The van der Waals surface area contributed by atoms with Gasteiger partial charge >= 0.3 is 0 Å². The van der Waals surface area contributed by atoms with E-state index in [4.69, 9.17) is 16.3 Å². The van der Waals surface area contributed by atoms with Gasteiger partial charge in [-0.1, -0.05) is 11.6 Å². The maximum absolute atomic E-state index is 12.3. The molecule has 0 unspecified atom stereocenters. The predicted octanol–water partition coefficient (Wildman–Crippen LogP) is 1.71. The molecule has 0 radical (unpaired) electrons. The third-order valence-electron chi connectivity index (χ3n) is 4.01. The monoisotopic (exact) mass is 402 g/mol. The first kappa shape index (κ1) is 19.6. The predicted molar refractivity (Wildman–Crippen MR) is 106 cm³/mol. The summed E-state index contributed by atoms with van der Waals surface area (Å²) >= 11 is 5.81. The lowest BCUT2D eigenvalue weighted by atomic mass is 10.3. The number of aromatic nitrogens is 3. The second-order valence-electron chi connectivity index (χ2n) is 6.09. The number of hydrogen-bond donors (Lipinski definition) is 2. The summed E-state index contributed by atoms with van der Waals surface area (Å²) in [6.45, 7) is 0.694. The van der Waals surface area contributed by atoms with Crippen molar-refractivity contribution in [3.63, 3.8) is 0 Å². The van der Waals surface area contributed by atoms with Gasteiger partial charge in [0.05, 0.1) is 12.0 Å². The Kier molecular flexibility index (Phi) is 6.44. The van der Waals surface area contributed by atoms with Crippen LogP contribution >= 0.6 is 11.6 Å². The van der Waals surface area contributed by atoms with E-state index >= 15 is 0 Å². The highest BCUT2D eigenvalue weighted by Gasteiger charge is 2.10. The fourth-order valence-electron chi connectivity index (χ4n) is 2.62. The lowest BCUT2D eigenvalue weighted by molar-refractivity contribution is -0.121. The van der Waals surface area contributed by atoms with E-state index in [1.54, 1.807) is 30.3 Å². The van der Waals surface area contributed by atoms with Gasteiger partial charge in [0.2, 0.25) is 5.91 Å². The van der Waals surface area contributed by atoms with Gasteiger partial charge < -0.3 is 10.1 Å². The summed E-state index contributed by atoms with van der Waals surface area (Å²) in [5.74, 6) is 0.377. The standard InChI is InChI=1S/C19H19ClN4O4/c20-13-5-7-14(8-6-13)28-11-2-1-9-21-16(25)12-24-19(27)15-4-3-10-22-17(15)18(26)23-24/h3-8,10H,1-2,9,11-12H2,(H,21,25)(H,23,26). The molecule has 3 rings (SSSR count). The van der Waals surface area contributed by atoms with Crippen LogP contribution in [0.3, 0.4) is 0 Å². The molecule has 0 aliphatic rings. The fraction of sp³-hybridized carbons (Fsp3) is 0.263. The number of benzene rings is 1. The van der Waals surface area contributed by atoms with Gasteiger partial charge in [0.15, 0.2) is 0 Å². The number of pyridine rings is 1. The number of aromatic amines is 1. The molecule has 146 valence electrons. The number of rotatable bonds is 8. The van der Waals surface area contributed by atoms with E-state index in [2.05, 4.69) is 15.4 Å². The smallest absolute Gasteiger partial charge is 0.289 e. The normalized spacial score (nSPS) is 10.8. The van der Waals surface area contributed by atoms with Gasteiger partial charge in [-0.25, -0.2) is 4.68 Å². The van der Waals surface area contributed by atoms with Crippen molar-refractivity contribution in [1.29, 1.82) is 0 Å². The number of amides is 1. The Morgan fingerprint density at radius 1 is 1.18 bits per heavy atom. The zero-order valence-electron chi connectivity index (χ0n) is 15.0. The van der Waals surface area contributed by atoms with E-state index in [0.717, 1.165) is 16.9 Å². The Morgan fingerprint density at radius 2 is 1.96 bits per heavy atom. The molecule has 1 aromatic carbocycles. The highest BCUT2D eigenvalue weighted by Crippen LogP contribution is 2.15. The maximum atomic E-state index is 12.3. The van der Waals surface area contributed by atoms with Crippen molar-refractivity contribution in [2.45, 2.75) is 19.4 Å². The van der Waals surface area contributed by atoms with Crippen LogP contribution in [-0.4, -0.2) is 33.8 Å². The van der Waals surface area contributed by atoms with Crippen LogP contribution in [0.4, 0.5) is 0 Å². The number of H-pyrrole nitrogens is 1. The summed E-state index contributed by atoms with van der Waals surface area (Å²) < 4.78 is 6.56. The highest BCUT2D eigenvalue weighted by atomic mass is 35.5. The summed E-state index contributed by atoms with van der Waals surface area (Å²) in [5, 5.41) is 5.93. The Bertz CT molecular complexity index is 1080. The molecule has 0 saturated heterocycles. The largest absolute Gasteiger partial charge is 0.494 e. The third kappa shape index (κ3) is 4.98. The van der Waals surface area contributed by atoms with Crippen molar-refractivity contribution >= 4 is 28.4 Å². The number of fused-ring (bicyclic) bond motifs is 1. The summed E-state index contributed by atoms with van der Waals surface area (Å²) in [4.78, 5) is 40.2. The molecular formula is C19H19ClN4O4. The van der Waals surface area contributed by atoms with Crippen LogP contribution in [0.1, 0.15) is 12.8 Å². The molecule has 0 bridgehead atoms. The van der Waals surface area contributed by atoms with Crippen LogP contribution in [0.25, 0.3) is 10.9 Å². The van der Waals surface area contributed by atoms with Gasteiger partial charge in [-0.15, -0.1) is 0 Å². The summed E-state index contributed by atoms with van der Waals surface area (Å²) in [5.41, 5.74) is -0.915. The van der Waals surface area contributed by atoms with Crippen LogP contribution < -0.4 is 21.2 Å². The lowest BCUT2D eigenvalue weighted by Gasteiger charge is -2.09. The number of unbranched alkanes of at least 4 members (excludes halogenated alkanes) is 1. The molecule has 2 N–H and O–H groups in total. The van der Waals surface area contributed by atoms with Gasteiger partial charge in [0.1, 0.15) is 17.8 Å². The molecule has 3 aromatic rings. The van der Waals surface area contributed by atoms with Crippen molar-refractivity contribution in [3.05, 3.63) is 68.3 Å². The molecule has 0 saturated carbocycles. The van der Waals surface area contributed by atoms with Gasteiger partial charge in [-0.05, 0) is 49.2 Å². The Balaban J connectivity index is 1.44. The van der Waals surface area contributed by atoms with Crippen molar-refractivity contribution in [2.75, 3.05) is 13.2 Å². The number of nitrogens with one attached hydrogen (secondary N) is 2. The van der Waals surface area contributed by atoms with Crippen molar-refractivity contribution in [2.24, 2.45) is 0 Å². The topological polar surface area (TPSA) is 106 Å². The zero-order chi connectivity index (χ0) is 19.9. The van der Waals surface area contributed by atoms with Crippen molar-refractivity contribution < 1.29 is 9.53 Å². The molecule has 8 nitrogen and oxygen atoms in total. The summed E-state index contributed by atoms with van der Waals surface area (Å²) in [6, 6.07) is 10.2. The quantitative estimate of drug-likeness (QED) is 0.558. The molecule has 0 fully saturated rings. The molecule has 28 heavy (non-hydrogen) atoms. The minimum atomic E-state index is -0.512. The first-order valence-electron chi connectivity index (χ1n) is 8.77. The molecule has 0 aliphatic carbocycles. The minimum absolute atomic E-state index is 0.0600. The second-order valence-corrected chi connectivity index (χ2v) is 6.53. The number of hydrogen-bond acceptors (Lipinski definition) is 5. The number of halogens is 1. The first-order valence-corrected chi connectivity index (χ1v) is 9.15. The third-order valence-corrected chi connectivity index (χ3v) is 4.26. The van der Waals surface area contributed by atoms with E-state index in [1.807, 2.05) is 0 Å².